The molecule has 1 unspecified atom stereocenters. The summed E-state index contributed by atoms with van der Waals surface area (Å²) in [6.07, 6.45) is 0.937. The summed E-state index contributed by atoms with van der Waals surface area (Å²) in [5.74, 6) is -0.184. The Morgan fingerprint density at radius 3 is 2.42 bits per heavy atom. The number of piperidine rings is 1. The molecule has 0 bridgehead atoms. The Labute approximate surface area is 156 Å². The molecule has 3 amide bonds. The van der Waals surface area contributed by atoms with Crippen LogP contribution in [0.2, 0.25) is 0 Å². The summed E-state index contributed by atoms with van der Waals surface area (Å²) in [5.41, 5.74) is 5.83. The van der Waals surface area contributed by atoms with Crippen molar-refractivity contribution in [2.24, 2.45) is 5.92 Å². The number of thiophene rings is 1. The molecule has 1 aliphatic rings. The number of benzene rings is 1. The molecule has 1 aromatic heterocycles. The van der Waals surface area contributed by atoms with E-state index in [0.29, 0.717) is 18.0 Å². The summed E-state index contributed by atoms with van der Waals surface area (Å²) >= 11 is 1.38. The summed E-state index contributed by atoms with van der Waals surface area (Å²) in [6.45, 7) is 3.02. The molecule has 0 spiro atoms. The van der Waals surface area contributed by atoms with Crippen LogP contribution >= 0.6 is 11.3 Å². The Kier molecular flexibility index (Phi) is 5.90. The van der Waals surface area contributed by atoms with Gasteiger partial charge in [0.05, 0.1) is 11.0 Å². The zero-order valence-electron chi connectivity index (χ0n) is 14.6. The van der Waals surface area contributed by atoms with E-state index in [1.165, 1.54) is 11.3 Å². The second kappa shape index (κ2) is 8.33. The number of aryl methyl sites for hydroxylation is 1. The van der Waals surface area contributed by atoms with Crippen molar-refractivity contribution >= 4 is 23.3 Å². The Bertz CT molecular complexity index is 754. The lowest BCUT2D eigenvalue weighted by atomic mass is 9.87. The molecule has 3 rings (SSSR count). The molecule has 1 aromatic carbocycles. The molecule has 7 heteroatoms. The van der Waals surface area contributed by atoms with Gasteiger partial charge in [-0.15, -0.1) is 11.3 Å². The van der Waals surface area contributed by atoms with Gasteiger partial charge >= 0.3 is 6.03 Å². The maximum Gasteiger partial charge on any atom is 0.336 e. The van der Waals surface area contributed by atoms with Crippen LogP contribution in [-0.2, 0) is 0 Å². The van der Waals surface area contributed by atoms with Gasteiger partial charge in [0.15, 0.2) is 0 Å². The van der Waals surface area contributed by atoms with Crippen LogP contribution in [0.25, 0.3) is 0 Å². The number of hydrogen-bond donors (Lipinski definition) is 3. The van der Waals surface area contributed by atoms with E-state index >= 15 is 0 Å². The van der Waals surface area contributed by atoms with Crippen molar-refractivity contribution in [3.63, 3.8) is 0 Å². The number of aliphatic hydroxyl groups excluding tert-OH is 1. The van der Waals surface area contributed by atoms with Crippen molar-refractivity contribution < 1.29 is 14.7 Å². The number of nitrogens with zero attached hydrogens (tertiary/aromatic N) is 1. The second-order valence-electron chi connectivity index (χ2n) is 6.47. The molecule has 6 nitrogen and oxygen atoms in total. The summed E-state index contributed by atoms with van der Waals surface area (Å²) in [6, 6.07) is 12.9. The van der Waals surface area contributed by atoms with Crippen molar-refractivity contribution in [3.05, 3.63) is 57.8 Å². The Balaban J connectivity index is 1.45. The van der Waals surface area contributed by atoms with Crippen LogP contribution in [0.3, 0.4) is 0 Å². The van der Waals surface area contributed by atoms with Crippen LogP contribution in [0.1, 0.15) is 39.1 Å². The molecule has 3 N–H and O–H groups in total. The number of rotatable bonds is 3. The van der Waals surface area contributed by atoms with Gasteiger partial charge in [-0.1, -0.05) is 30.3 Å². The molecule has 2 heterocycles. The zero-order valence-corrected chi connectivity index (χ0v) is 15.5. The first-order valence-electron chi connectivity index (χ1n) is 8.69. The lowest BCUT2D eigenvalue weighted by molar-refractivity contribution is 0.0656. The number of nitrogens with one attached hydrogen (secondary N) is 2. The van der Waals surface area contributed by atoms with Crippen molar-refractivity contribution in [2.45, 2.75) is 25.9 Å². The van der Waals surface area contributed by atoms with Gasteiger partial charge in [0.25, 0.3) is 5.91 Å². The third kappa shape index (κ3) is 4.42. The Morgan fingerprint density at radius 2 is 1.81 bits per heavy atom. The number of carbonyl (C=O) groups is 2. The van der Waals surface area contributed by atoms with Crippen LogP contribution < -0.4 is 10.9 Å². The fourth-order valence-electron chi connectivity index (χ4n) is 3.15. The third-order valence-electron chi connectivity index (χ3n) is 4.66. The van der Waals surface area contributed by atoms with Gasteiger partial charge in [-0.05, 0) is 43.4 Å². The first-order chi connectivity index (χ1) is 12.5. The number of carbonyl (C=O) groups excluding carboxylic acids is 2. The number of amides is 3. The molecule has 0 saturated carbocycles. The highest BCUT2D eigenvalue weighted by Gasteiger charge is 2.28. The summed E-state index contributed by atoms with van der Waals surface area (Å²) in [4.78, 5) is 27.5. The second-order valence-corrected chi connectivity index (χ2v) is 7.76. The molecule has 138 valence electrons. The van der Waals surface area contributed by atoms with Crippen molar-refractivity contribution in [3.8, 4) is 0 Å². The molecule has 1 saturated heterocycles. The van der Waals surface area contributed by atoms with E-state index in [4.69, 9.17) is 0 Å². The molecule has 26 heavy (non-hydrogen) atoms. The number of aliphatic hydroxyl groups is 1. The quantitative estimate of drug-likeness (QED) is 0.724. The number of urea groups is 1. The monoisotopic (exact) mass is 373 g/mol. The SMILES string of the molecule is Cc1ccc(C(=O)NNC(=O)N2CCC(C(O)c3ccccc3)CC2)s1. The molecule has 0 aliphatic carbocycles. The number of hydrogen-bond acceptors (Lipinski definition) is 4. The standard InChI is InChI=1S/C19H23N3O3S/c1-13-7-8-16(26-13)18(24)20-21-19(25)22-11-9-15(10-12-22)17(23)14-5-3-2-4-6-14/h2-8,15,17,23H,9-12H2,1H3,(H,20,24)(H,21,25). The average Bonchev–Trinajstić information content (AvgIpc) is 3.12. The maximum absolute atomic E-state index is 12.2. The fraction of sp³-hybridized carbons (Fsp3) is 0.368. The predicted octanol–water partition coefficient (Wildman–Crippen LogP) is 2.86. The Hall–Kier alpha value is -2.38. The molecular formula is C19H23N3O3S. The van der Waals surface area contributed by atoms with Crippen molar-refractivity contribution in [2.75, 3.05) is 13.1 Å². The molecule has 1 aliphatic heterocycles. The van der Waals surface area contributed by atoms with Gasteiger partial charge in [0.2, 0.25) is 0 Å². The van der Waals surface area contributed by atoms with Crippen LogP contribution in [0.4, 0.5) is 4.79 Å². The Morgan fingerprint density at radius 1 is 1.12 bits per heavy atom. The summed E-state index contributed by atoms with van der Waals surface area (Å²) in [7, 11) is 0. The highest BCUT2D eigenvalue weighted by Crippen LogP contribution is 2.30. The van der Waals surface area contributed by atoms with Gasteiger partial charge in [-0.3, -0.25) is 10.2 Å². The van der Waals surface area contributed by atoms with Gasteiger partial charge < -0.3 is 10.0 Å². The van der Waals surface area contributed by atoms with Crippen molar-refractivity contribution in [1.29, 1.82) is 0 Å². The maximum atomic E-state index is 12.2. The molecule has 2 aromatic rings. The predicted molar refractivity (Wildman–Crippen MR) is 101 cm³/mol. The van der Waals surface area contributed by atoms with Gasteiger partial charge in [-0.25, -0.2) is 10.2 Å². The molecular weight excluding hydrogens is 350 g/mol. The first-order valence-corrected chi connectivity index (χ1v) is 9.51. The van der Waals surface area contributed by atoms with E-state index in [0.717, 1.165) is 23.3 Å². The van der Waals surface area contributed by atoms with E-state index in [2.05, 4.69) is 10.9 Å². The fourth-order valence-corrected chi connectivity index (χ4v) is 3.91. The first kappa shape index (κ1) is 18.4. The van der Waals surface area contributed by atoms with Crippen molar-refractivity contribution in [1.82, 2.24) is 15.8 Å². The minimum atomic E-state index is -0.511. The molecule has 1 fully saturated rings. The van der Waals surface area contributed by atoms with E-state index in [1.807, 2.05) is 43.3 Å². The van der Waals surface area contributed by atoms with Crippen LogP contribution in [0.5, 0.6) is 0 Å². The minimum Gasteiger partial charge on any atom is -0.388 e. The molecule has 1 atom stereocenters. The number of likely N-dealkylation sites (tertiary alicyclic amines) is 1. The summed E-state index contributed by atoms with van der Waals surface area (Å²) < 4.78 is 0. The average molecular weight is 373 g/mol. The molecule has 0 radical (unpaired) electrons. The normalized spacial score (nSPS) is 16.2. The van der Waals surface area contributed by atoms with Gasteiger partial charge in [0.1, 0.15) is 0 Å². The lowest BCUT2D eigenvalue weighted by Crippen LogP contribution is -2.51. The third-order valence-corrected chi connectivity index (χ3v) is 5.66. The van der Waals surface area contributed by atoms with Crippen LogP contribution in [-0.4, -0.2) is 35.0 Å². The topological polar surface area (TPSA) is 81.7 Å². The lowest BCUT2D eigenvalue weighted by Gasteiger charge is -2.34. The van der Waals surface area contributed by atoms with Crippen LogP contribution in [0, 0.1) is 12.8 Å². The van der Waals surface area contributed by atoms with Crippen LogP contribution in [0.15, 0.2) is 42.5 Å². The van der Waals surface area contributed by atoms with E-state index < -0.39 is 6.10 Å². The largest absolute Gasteiger partial charge is 0.388 e. The highest BCUT2D eigenvalue weighted by molar-refractivity contribution is 7.13. The van der Waals surface area contributed by atoms with Gasteiger partial charge in [0, 0.05) is 18.0 Å². The minimum absolute atomic E-state index is 0.130. The zero-order chi connectivity index (χ0) is 18.5. The van der Waals surface area contributed by atoms with E-state index in [1.54, 1.807) is 11.0 Å². The van der Waals surface area contributed by atoms with E-state index in [-0.39, 0.29) is 17.9 Å². The highest BCUT2D eigenvalue weighted by atomic mass is 32.1. The smallest absolute Gasteiger partial charge is 0.336 e. The van der Waals surface area contributed by atoms with E-state index in [9.17, 15) is 14.7 Å². The number of hydrazine groups is 1. The van der Waals surface area contributed by atoms with Gasteiger partial charge in [-0.2, -0.15) is 0 Å². The summed E-state index contributed by atoms with van der Waals surface area (Å²) in [5, 5.41) is 10.5.